The third kappa shape index (κ3) is 3.06. The van der Waals surface area contributed by atoms with Crippen LogP contribution in [-0.2, 0) is 6.18 Å². The number of nitrogens with one attached hydrogen (secondary N) is 1. The van der Waals surface area contributed by atoms with Gasteiger partial charge in [0.25, 0.3) is 0 Å². The van der Waals surface area contributed by atoms with Crippen molar-refractivity contribution in [1.29, 1.82) is 5.26 Å². The normalized spacial score (nSPS) is 10.9. The van der Waals surface area contributed by atoms with E-state index in [1.165, 1.54) is 31.3 Å². The van der Waals surface area contributed by atoms with Gasteiger partial charge in [0, 0.05) is 11.9 Å². The maximum absolute atomic E-state index is 12.8. The van der Waals surface area contributed by atoms with Crippen molar-refractivity contribution in [3.05, 3.63) is 53.2 Å². The van der Waals surface area contributed by atoms with E-state index in [4.69, 9.17) is 5.26 Å². The molecule has 102 valence electrons. The average molecular weight is 277 g/mol. The van der Waals surface area contributed by atoms with Crippen molar-refractivity contribution in [3.8, 4) is 6.07 Å². The molecule has 0 aliphatic heterocycles. The minimum Gasteiger partial charge on any atom is -0.340 e. The summed E-state index contributed by atoms with van der Waals surface area (Å²) in [5, 5.41) is 11.4. The monoisotopic (exact) mass is 277 g/mol. The molecule has 0 radical (unpaired) electrons. The zero-order valence-corrected chi connectivity index (χ0v) is 10.5. The Balaban J connectivity index is 2.28. The van der Waals surface area contributed by atoms with E-state index >= 15 is 0 Å². The summed E-state index contributed by atoms with van der Waals surface area (Å²) in [6.07, 6.45) is -3.04. The molecule has 0 unspecified atom stereocenters. The molecule has 0 fully saturated rings. The summed E-state index contributed by atoms with van der Waals surface area (Å²) in [5.74, 6) is 0.376. The maximum atomic E-state index is 12.8. The second kappa shape index (κ2) is 5.21. The van der Waals surface area contributed by atoms with Crippen LogP contribution in [0.4, 0.5) is 24.7 Å². The standard InChI is InChI=1S/C14H10F3N3/c1-9-2-4-11(6-12(9)14(15,16)17)20-13-5-3-10(7-18)8-19-13/h2-6,8H,1H3,(H,19,20). The van der Waals surface area contributed by atoms with Crippen LogP contribution in [0, 0.1) is 18.3 Å². The van der Waals surface area contributed by atoms with E-state index in [1.54, 1.807) is 6.07 Å². The number of rotatable bonds is 2. The molecule has 2 rings (SSSR count). The smallest absolute Gasteiger partial charge is 0.340 e. The van der Waals surface area contributed by atoms with E-state index in [-0.39, 0.29) is 5.56 Å². The zero-order valence-electron chi connectivity index (χ0n) is 10.5. The fraction of sp³-hybridized carbons (Fsp3) is 0.143. The molecule has 0 aliphatic rings. The molecule has 1 aromatic carbocycles. The molecule has 0 aliphatic carbocycles. The number of nitrogens with zero attached hydrogens (tertiary/aromatic N) is 2. The molecule has 2 aromatic rings. The number of aromatic nitrogens is 1. The third-order valence-corrected chi connectivity index (χ3v) is 2.71. The Labute approximate surface area is 113 Å². The Morgan fingerprint density at radius 1 is 1.20 bits per heavy atom. The molecule has 0 spiro atoms. The Kier molecular flexibility index (Phi) is 3.61. The first-order valence-electron chi connectivity index (χ1n) is 5.71. The van der Waals surface area contributed by atoms with Crippen LogP contribution in [0.1, 0.15) is 16.7 Å². The number of alkyl halides is 3. The number of benzene rings is 1. The summed E-state index contributed by atoms with van der Waals surface area (Å²) in [5.41, 5.74) is 0.155. The van der Waals surface area contributed by atoms with Gasteiger partial charge in [-0.3, -0.25) is 0 Å². The predicted molar refractivity (Wildman–Crippen MR) is 68.4 cm³/mol. The molecule has 1 heterocycles. The van der Waals surface area contributed by atoms with Crippen molar-refractivity contribution in [2.45, 2.75) is 13.1 Å². The van der Waals surface area contributed by atoms with E-state index in [1.807, 2.05) is 6.07 Å². The minimum absolute atomic E-state index is 0.163. The highest BCUT2D eigenvalue weighted by Gasteiger charge is 2.32. The van der Waals surface area contributed by atoms with Gasteiger partial charge in [-0.25, -0.2) is 4.98 Å². The highest BCUT2D eigenvalue weighted by Crippen LogP contribution is 2.33. The molecular formula is C14H10F3N3. The SMILES string of the molecule is Cc1ccc(Nc2ccc(C#N)cn2)cc1C(F)(F)F. The molecule has 0 bridgehead atoms. The van der Waals surface area contributed by atoms with Crippen molar-refractivity contribution in [3.63, 3.8) is 0 Å². The van der Waals surface area contributed by atoms with Crippen LogP contribution in [0.15, 0.2) is 36.5 Å². The molecule has 0 atom stereocenters. The molecule has 20 heavy (non-hydrogen) atoms. The lowest BCUT2D eigenvalue weighted by molar-refractivity contribution is -0.138. The highest BCUT2D eigenvalue weighted by molar-refractivity contribution is 5.58. The van der Waals surface area contributed by atoms with Gasteiger partial charge in [-0.2, -0.15) is 18.4 Å². The van der Waals surface area contributed by atoms with Gasteiger partial charge in [0.1, 0.15) is 11.9 Å². The summed E-state index contributed by atoms with van der Waals surface area (Å²) in [6.45, 7) is 1.41. The van der Waals surface area contributed by atoms with Crippen LogP contribution < -0.4 is 5.32 Å². The van der Waals surface area contributed by atoms with Crippen LogP contribution in [0.25, 0.3) is 0 Å². The molecule has 0 amide bonds. The molecule has 0 saturated carbocycles. The second-order valence-electron chi connectivity index (χ2n) is 4.20. The number of anilines is 2. The third-order valence-electron chi connectivity index (χ3n) is 2.71. The van der Waals surface area contributed by atoms with Gasteiger partial charge >= 0.3 is 6.18 Å². The van der Waals surface area contributed by atoms with Gasteiger partial charge < -0.3 is 5.32 Å². The quantitative estimate of drug-likeness (QED) is 0.901. The zero-order chi connectivity index (χ0) is 14.8. The van der Waals surface area contributed by atoms with Crippen molar-refractivity contribution >= 4 is 11.5 Å². The highest BCUT2D eigenvalue weighted by atomic mass is 19.4. The molecule has 1 N–H and O–H groups in total. The number of halogens is 3. The van der Waals surface area contributed by atoms with Crippen LogP contribution in [0.5, 0.6) is 0 Å². The van der Waals surface area contributed by atoms with E-state index in [9.17, 15) is 13.2 Å². The Bertz CT molecular complexity index is 655. The summed E-state index contributed by atoms with van der Waals surface area (Å²) >= 11 is 0. The molecule has 0 saturated heterocycles. The van der Waals surface area contributed by atoms with Crippen molar-refractivity contribution < 1.29 is 13.2 Å². The van der Waals surface area contributed by atoms with Gasteiger partial charge in [-0.1, -0.05) is 6.07 Å². The van der Waals surface area contributed by atoms with Gasteiger partial charge in [-0.15, -0.1) is 0 Å². The number of hydrogen-bond acceptors (Lipinski definition) is 3. The first-order valence-corrected chi connectivity index (χ1v) is 5.71. The van der Waals surface area contributed by atoms with Gasteiger partial charge in [0.2, 0.25) is 0 Å². The fourth-order valence-corrected chi connectivity index (χ4v) is 1.69. The molecule has 3 nitrogen and oxygen atoms in total. The molecule has 1 aromatic heterocycles. The van der Waals surface area contributed by atoms with E-state index in [2.05, 4.69) is 10.3 Å². The van der Waals surface area contributed by atoms with Gasteiger partial charge in [0.15, 0.2) is 0 Å². The van der Waals surface area contributed by atoms with E-state index in [0.717, 1.165) is 6.07 Å². The largest absolute Gasteiger partial charge is 0.416 e. The lowest BCUT2D eigenvalue weighted by Gasteiger charge is -2.13. The Morgan fingerprint density at radius 2 is 1.95 bits per heavy atom. The van der Waals surface area contributed by atoms with Crippen molar-refractivity contribution in [2.24, 2.45) is 0 Å². The fourth-order valence-electron chi connectivity index (χ4n) is 1.69. The van der Waals surface area contributed by atoms with Gasteiger partial charge in [-0.05, 0) is 36.8 Å². The van der Waals surface area contributed by atoms with Crippen LogP contribution in [0.3, 0.4) is 0 Å². The summed E-state index contributed by atoms with van der Waals surface area (Å²) in [6, 6.07) is 8.97. The van der Waals surface area contributed by atoms with Crippen molar-refractivity contribution in [1.82, 2.24) is 4.98 Å². The van der Waals surface area contributed by atoms with Crippen LogP contribution in [0.2, 0.25) is 0 Å². The summed E-state index contributed by atoms with van der Waals surface area (Å²) in [4.78, 5) is 3.94. The second-order valence-corrected chi connectivity index (χ2v) is 4.20. The van der Waals surface area contributed by atoms with Crippen LogP contribution in [-0.4, -0.2) is 4.98 Å². The minimum atomic E-state index is -4.39. The summed E-state index contributed by atoms with van der Waals surface area (Å²) < 4.78 is 38.4. The van der Waals surface area contributed by atoms with Crippen LogP contribution >= 0.6 is 0 Å². The molecular weight excluding hydrogens is 267 g/mol. The first-order chi connectivity index (χ1) is 9.40. The topological polar surface area (TPSA) is 48.7 Å². The number of aryl methyl sites for hydroxylation is 1. The van der Waals surface area contributed by atoms with E-state index < -0.39 is 11.7 Å². The molecule has 6 heteroatoms. The Hall–Kier alpha value is -2.55. The lowest BCUT2D eigenvalue weighted by atomic mass is 10.1. The number of pyridine rings is 1. The summed E-state index contributed by atoms with van der Waals surface area (Å²) in [7, 11) is 0. The number of nitriles is 1. The Morgan fingerprint density at radius 3 is 2.50 bits per heavy atom. The maximum Gasteiger partial charge on any atom is 0.416 e. The lowest BCUT2D eigenvalue weighted by Crippen LogP contribution is -2.08. The first kappa shape index (κ1) is 13.9. The van der Waals surface area contributed by atoms with Crippen molar-refractivity contribution in [2.75, 3.05) is 5.32 Å². The predicted octanol–water partition coefficient (Wildman–Crippen LogP) is 4.02. The van der Waals surface area contributed by atoms with E-state index in [0.29, 0.717) is 17.1 Å². The average Bonchev–Trinajstić information content (AvgIpc) is 2.40. The van der Waals surface area contributed by atoms with Gasteiger partial charge in [0.05, 0.1) is 11.1 Å². The number of hydrogen-bond donors (Lipinski definition) is 1.